The second-order valence-corrected chi connectivity index (χ2v) is 14.6. The number of hydrogen-bond acceptors (Lipinski definition) is 9. The number of nitrogens with one attached hydrogen (secondary N) is 4. The number of amides is 4. The highest BCUT2D eigenvalue weighted by atomic mass is 16.5. The van der Waals surface area contributed by atoms with Crippen LogP contribution < -0.4 is 15.4 Å². The third-order valence-electron chi connectivity index (χ3n) is 10.2. The minimum Gasteiger partial charge on any atom is -0.457 e. The number of carbonyl (C=O) groups excluding carboxylic acids is 4. The van der Waals surface area contributed by atoms with E-state index in [0.29, 0.717) is 36.2 Å². The molecular weight excluding hydrogens is 704 g/mol. The summed E-state index contributed by atoms with van der Waals surface area (Å²) in [5.41, 5.74) is 3.39. The van der Waals surface area contributed by atoms with Crippen molar-refractivity contribution >= 4 is 24.0 Å². The van der Waals surface area contributed by atoms with Gasteiger partial charge in [0.2, 0.25) is 11.8 Å². The lowest BCUT2D eigenvalue weighted by Crippen LogP contribution is -2.51. The quantitative estimate of drug-likeness (QED) is 0.128. The summed E-state index contributed by atoms with van der Waals surface area (Å²) in [6, 6.07) is 13.5. The summed E-state index contributed by atoms with van der Waals surface area (Å²) in [6.45, 7) is 8.72. The van der Waals surface area contributed by atoms with Crippen molar-refractivity contribution in [2.45, 2.75) is 77.5 Å². The molecule has 0 spiro atoms. The van der Waals surface area contributed by atoms with E-state index in [1.165, 1.54) is 14.2 Å². The SMILES string of the molecule is COC(=O)NC(C(=O)N1CCCC1c1ncc(-c2cccc(Oc3ccc(-c4cnc([C@@H]5CCCN5C(=O)[C@@H](NC(=O)OC)C(C)C)[nH]4)cc3)c2)[nH]1)C(C)C. The molecule has 55 heavy (non-hydrogen) atoms. The summed E-state index contributed by atoms with van der Waals surface area (Å²) in [6.07, 6.45) is 5.45. The van der Waals surface area contributed by atoms with Crippen molar-refractivity contribution in [1.82, 2.24) is 40.4 Å². The predicted molar refractivity (Wildman–Crippen MR) is 204 cm³/mol. The molecule has 4 atom stereocenters. The highest BCUT2D eigenvalue weighted by Crippen LogP contribution is 2.35. The maximum Gasteiger partial charge on any atom is 0.407 e. The normalized spacial score (nSPS) is 18.0. The largest absolute Gasteiger partial charge is 0.457 e. The molecule has 2 aliphatic rings. The molecular formula is C40H50N8O7. The van der Waals surface area contributed by atoms with Crippen molar-refractivity contribution in [3.8, 4) is 34.0 Å². The third kappa shape index (κ3) is 8.76. The number of benzene rings is 2. The van der Waals surface area contributed by atoms with Crippen LogP contribution in [0.25, 0.3) is 22.5 Å². The van der Waals surface area contributed by atoms with Crippen LogP contribution in [0.5, 0.6) is 11.5 Å². The van der Waals surface area contributed by atoms with E-state index in [4.69, 9.17) is 14.2 Å². The zero-order valence-corrected chi connectivity index (χ0v) is 32.1. The second-order valence-electron chi connectivity index (χ2n) is 14.6. The van der Waals surface area contributed by atoms with Crippen molar-refractivity contribution in [2.75, 3.05) is 27.3 Å². The smallest absolute Gasteiger partial charge is 0.407 e. The molecule has 2 aliphatic heterocycles. The van der Waals surface area contributed by atoms with Gasteiger partial charge in [-0.2, -0.15) is 0 Å². The molecule has 4 heterocycles. The molecule has 292 valence electrons. The maximum absolute atomic E-state index is 13.5. The van der Waals surface area contributed by atoms with Gasteiger partial charge in [0.1, 0.15) is 35.2 Å². The molecule has 2 aromatic carbocycles. The number of rotatable bonds is 12. The number of methoxy groups -OCH3 is 2. The van der Waals surface area contributed by atoms with Gasteiger partial charge in [0, 0.05) is 18.7 Å². The standard InChI is InChI=1S/C40H50N8O7/c1-23(2)33(45-39(51)53-5)37(49)47-18-8-12-31(47)35-41-21-29(43-35)25-14-16-27(17-15-25)55-28-11-7-10-26(20-28)30-22-42-36(44-30)32-13-9-19-48(32)38(50)34(24(3)4)46-40(52)54-6/h7,10-11,14-17,20-24,31-34H,8-9,12-13,18-19H2,1-6H3,(H,41,43)(H,42,44)(H,45,51)(H,46,52)/t31-,32?,33-,34?/m0/s1. The number of alkyl carbamates (subject to hydrolysis) is 2. The first-order chi connectivity index (χ1) is 26.5. The van der Waals surface area contributed by atoms with E-state index >= 15 is 0 Å². The van der Waals surface area contributed by atoms with Crippen molar-refractivity contribution in [3.05, 3.63) is 72.6 Å². The topological polar surface area (TPSA) is 184 Å². The van der Waals surface area contributed by atoms with Gasteiger partial charge in [-0.15, -0.1) is 0 Å². The number of ether oxygens (including phenoxy) is 3. The molecule has 2 fully saturated rings. The first-order valence-electron chi connectivity index (χ1n) is 18.8. The van der Waals surface area contributed by atoms with E-state index in [0.717, 1.165) is 48.2 Å². The fourth-order valence-corrected chi connectivity index (χ4v) is 7.26. The van der Waals surface area contributed by atoms with Crippen molar-refractivity contribution in [2.24, 2.45) is 11.8 Å². The lowest BCUT2D eigenvalue weighted by Gasteiger charge is -2.30. The highest BCUT2D eigenvalue weighted by Gasteiger charge is 2.39. The fourth-order valence-electron chi connectivity index (χ4n) is 7.26. The summed E-state index contributed by atoms with van der Waals surface area (Å²) < 4.78 is 15.7. The molecule has 0 aliphatic carbocycles. The first-order valence-corrected chi connectivity index (χ1v) is 18.8. The molecule has 4 aromatic rings. The van der Waals surface area contributed by atoms with Crippen molar-refractivity contribution < 1.29 is 33.4 Å². The summed E-state index contributed by atoms with van der Waals surface area (Å²) in [7, 11) is 2.56. The van der Waals surface area contributed by atoms with E-state index in [2.05, 4.69) is 30.6 Å². The second kappa shape index (κ2) is 17.1. The molecule has 15 heteroatoms. The average molecular weight is 755 g/mol. The number of H-pyrrole nitrogens is 2. The molecule has 4 amide bonds. The number of likely N-dealkylation sites (tertiary alicyclic amines) is 2. The summed E-state index contributed by atoms with van der Waals surface area (Å²) in [4.78, 5) is 70.7. The van der Waals surface area contributed by atoms with Gasteiger partial charge in [0.25, 0.3) is 0 Å². The van der Waals surface area contributed by atoms with Crippen LogP contribution in [0.15, 0.2) is 60.9 Å². The van der Waals surface area contributed by atoms with Gasteiger partial charge in [-0.05, 0) is 79.5 Å². The Balaban J connectivity index is 1.10. The predicted octanol–water partition coefficient (Wildman–Crippen LogP) is 6.35. The van der Waals surface area contributed by atoms with Crippen LogP contribution in [0.1, 0.15) is 77.1 Å². The van der Waals surface area contributed by atoms with Crippen LogP contribution in [0, 0.1) is 11.8 Å². The molecule has 2 unspecified atom stereocenters. The fraction of sp³-hybridized carbons (Fsp3) is 0.450. The van der Waals surface area contributed by atoms with Crippen LogP contribution in [-0.4, -0.2) is 93.1 Å². The van der Waals surface area contributed by atoms with Gasteiger partial charge < -0.3 is 44.6 Å². The lowest BCUT2D eigenvalue weighted by molar-refractivity contribution is -0.136. The molecule has 0 saturated carbocycles. The molecule has 4 N–H and O–H groups in total. The Hall–Kier alpha value is -5.86. The van der Waals surface area contributed by atoms with Crippen LogP contribution in [0.4, 0.5) is 9.59 Å². The molecule has 0 radical (unpaired) electrons. The Labute approximate surface area is 320 Å². The molecule has 0 bridgehead atoms. The Kier molecular flexibility index (Phi) is 12.1. The Morgan fingerprint density at radius 1 is 0.691 bits per heavy atom. The minimum atomic E-state index is -0.704. The summed E-state index contributed by atoms with van der Waals surface area (Å²) in [5.74, 6) is 2.13. The number of carbonyl (C=O) groups is 4. The number of nitrogens with zero attached hydrogens (tertiary/aromatic N) is 4. The minimum absolute atomic E-state index is 0.115. The number of hydrogen-bond donors (Lipinski definition) is 4. The van der Waals surface area contributed by atoms with Gasteiger partial charge in [-0.3, -0.25) is 9.59 Å². The monoisotopic (exact) mass is 754 g/mol. The van der Waals surface area contributed by atoms with Crippen LogP contribution in [0.2, 0.25) is 0 Å². The highest BCUT2D eigenvalue weighted by molar-refractivity contribution is 5.87. The summed E-state index contributed by atoms with van der Waals surface area (Å²) in [5, 5.41) is 5.37. The first kappa shape index (κ1) is 38.9. The summed E-state index contributed by atoms with van der Waals surface area (Å²) >= 11 is 0. The van der Waals surface area contributed by atoms with Crippen molar-refractivity contribution in [3.63, 3.8) is 0 Å². The van der Waals surface area contributed by atoms with E-state index in [-0.39, 0.29) is 35.7 Å². The van der Waals surface area contributed by atoms with E-state index in [1.807, 2.05) is 76.2 Å². The van der Waals surface area contributed by atoms with Crippen LogP contribution in [0.3, 0.4) is 0 Å². The van der Waals surface area contributed by atoms with Gasteiger partial charge in [0.05, 0.1) is 50.1 Å². The lowest BCUT2D eigenvalue weighted by atomic mass is 10.0. The maximum atomic E-state index is 13.5. The Bertz CT molecular complexity index is 1970. The third-order valence-corrected chi connectivity index (χ3v) is 10.2. The molecule has 15 nitrogen and oxygen atoms in total. The van der Waals surface area contributed by atoms with Gasteiger partial charge in [-0.25, -0.2) is 19.6 Å². The van der Waals surface area contributed by atoms with E-state index < -0.39 is 24.3 Å². The number of aromatic amines is 2. The van der Waals surface area contributed by atoms with Gasteiger partial charge in [0.15, 0.2) is 0 Å². The number of aromatic nitrogens is 4. The number of imidazole rings is 2. The molecule has 2 aromatic heterocycles. The van der Waals surface area contributed by atoms with Gasteiger partial charge >= 0.3 is 12.2 Å². The zero-order chi connectivity index (χ0) is 39.2. The Morgan fingerprint density at radius 3 is 1.65 bits per heavy atom. The zero-order valence-electron chi connectivity index (χ0n) is 32.1. The average Bonchev–Trinajstić information content (AvgIpc) is 4.02. The van der Waals surface area contributed by atoms with E-state index in [1.54, 1.807) is 22.2 Å². The Morgan fingerprint density at radius 2 is 1.18 bits per heavy atom. The van der Waals surface area contributed by atoms with Crippen molar-refractivity contribution in [1.29, 1.82) is 0 Å². The van der Waals surface area contributed by atoms with Gasteiger partial charge in [-0.1, -0.05) is 39.8 Å². The molecule has 2 saturated heterocycles. The van der Waals surface area contributed by atoms with Crippen LogP contribution in [-0.2, 0) is 19.1 Å². The molecule has 6 rings (SSSR count). The van der Waals surface area contributed by atoms with Crippen LogP contribution >= 0.6 is 0 Å². The van der Waals surface area contributed by atoms with E-state index in [9.17, 15) is 19.2 Å².